The molecule has 0 spiro atoms. The van der Waals surface area contributed by atoms with Crippen molar-refractivity contribution in [1.29, 1.82) is 0 Å². The maximum absolute atomic E-state index is 14.0. The predicted molar refractivity (Wildman–Crippen MR) is 155 cm³/mol. The van der Waals surface area contributed by atoms with E-state index in [-0.39, 0.29) is 35.7 Å². The molecular weight excluding hydrogens is 568 g/mol. The third-order valence-corrected chi connectivity index (χ3v) is 7.58. The summed E-state index contributed by atoms with van der Waals surface area (Å²) in [5.41, 5.74) is 2.75. The molecule has 2 heterocycles. The van der Waals surface area contributed by atoms with Crippen LogP contribution in [0.1, 0.15) is 41.7 Å². The number of amides is 1. The lowest BCUT2D eigenvalue weighted by atomic mass is 9.89. The summed E-state index contributed by atoms with van der Waals surface area (Å²) in [5.74, 6) is -0.821. The number of halogens is 3. The number of hydrogen-bond acceptors (Lipinski definition) is 5. The van der Waals surface area contributed by atoms with Crippen molar-refractivity contribution in [3.05, 3.63) is 99.9 Å². The van der Waals surface area contributed by atoms with Crippen LogP contribution in [0.25, 0.3) is 16.9 Å². The number of carbonyl (C=O) groups is 2. The van der Waals surface area contributed by atoms with Gasteiger partial charge in [0.2, 0.25) is 0 Å². The van der Waals surface area contributed by atoms with Crippen LogP contribution in [0.3, 0.4) is 0 Å². The second-order valence-corrected chi connectivity index (χ2v) is 10.5. The van der Waals surface area contributed by atoms with Crippen LogP contribution in [-0.4, -0.2) is 52.9 Å². The minimum Gasteiger partial charge on any atom is -0.477 e. The Morgan fingerprint density at radius 1 is 0.976 bits per heavy atom. The highest BCUT2D eigenvalue weighted by atomic mass is 35.5. The van der Waals surface area contributed by atoms with E-state index in [0.29, 0.717) is 52.9 Å². The van der Waals surface area contributed by atoms with Crippen molar-refractivity contribution in [2.24, 2.45) is 0 Å². The highest BCUT2D eigenvalue weighted by Gasteiger charge is 2.32. The maximum atomic E-state index is 14.0. The Hall–Kier alpha value is -3.88. The van der Waals surface area contributed by atoms with Gasteiger partial charge in [-0.3, -0.25) is 4.79 Å². The summed E-state index contributed by atoms with van der Waals surface area (Å²) in [6, 6.07) is 20.6. The van der Waals surface area contributed by atoms with E-state index in [2.05, 4.69) is 0 Å². The van der Waals surface area contributed by atoms with Crippen LogP contribution < -0.4 is 4.74 Å². The SMILES string of the molecule is CCOC(=O)COc1c(C(=O)N2CCC(c3ccc(F)cc3)CC2)nn(-c2ccccc2Cl)c1-c1ccc(Cl)cc1. The molecule has 1 amide bonds. The maximum Gasteiger partial charge on any atom is 0.344 e. The van der Waals surface area contributed by atoms with Crippen LogP contribution in [0.15, 0.2) is 72.8 Å². The number of likely N-dealkylation sites (tertiary alicyclic amines) is 1. The van der Waals surface area contributed by atoms with Gasteiger partial charge in [0.25, 0.3) is 5.91 Å². The molecule has 3 aromatic carbocycles. The van der Waals surface area contributed by atoms with Gasteiger partial charge in [0, 0.05) is 23.7 Å². The lowest BCUT2D eigenvalue weighted by molar-refractivity contribution is -0.145. The van der Waals surface area contributed by atoms with Gasteiger partial charge in [-0.05, 0) is 67.6 Å². The molecule has 41 heavy (non-hydrogen) atoms. The first-order valence-corrected chi connectivity index (χ1v) is 14.1. The molecule has 1 aromatic heterocycles. The van der Waals surface area contributed by atoms with Gasteiger partial charge < -0.3 is 14.4 Å². The first-order chi connectivity index (χ1) is 19.9. The lowest BCUT2D eigenvalue weighted by Crippen LogP contribution is -2.38. The van der Waals surface area contributed by atoms with Crippen molar-refractivity contribution in [2.75, 3.05) is 26.3 Å². The van der Waals surface area contributed by atoms with Gasteiger partial charge in [-0.15, -0.1) is 0 Å². The quantitative estimate of drug-likeness (QED) is 0.206. The lowest BCUT2D eigenvalue weighted by Gasteiger charge is -2.32. The van der Waals surface area contributed by atoms with E-state index in [0.717, 1.165) is 5.56 Å². The molecule has 212 valence electrons. The van der Waals surface area contributed by atoms with Crippen molar-refractivity contribution >= 4 is 35.1 Å². The van der Waals surface area contributed by atoms with Crippen molar-refractivity contribution in [1.82, 2.24) is 14.7 Å². The molecule has 0 unspecified atom stereocenters. The number of para-hydroxylation sites is 1. The zero-order valence-corrected chi connectivity index (χ0v) is 23.9. The van der Waals surface area contributed by atoms with Crippen molar-refractivity contribution in [3.63, 3.8) is 0 Å². The summed E-state index contributed by atoms with van der Waals surface area (Å²) in [6.45, 7) is 2.45. The molecular formula is C31H28Cl2FN3O4. The molecule has 1 saturated heterocycles. The number of ether oxygens (including phenoxy) is 2. The number of rotatable bonds is 8. The first-order valence-electron chi connectivity index (χ1n) is 13.3. The minimum absolute atomic E-state index is 0.0550. The van der Waals surface area contributed by atoms with Gasteiger partial charge in [-0.25, -0.2) is 13.9 Å². The third kappa shape index (κ3) is 6.39. The Morgan fingerprint density at radius 3 is 2.32 bits per heavy atom. The van der Waals surface area contributed by atoms with Crippen LogP contribution in [-0.2, 0) is 9.53 Å². The van der Waals surface area contributed by atoms with Crippen molar-refractivity contribution in [3.8, 4) is 22.7 Å². The molecule has 0 aliphatic carbocycles. The molecule has 0 N–H and O–H groups in total. The van der Waals surface area contributed by atoms with Gasteiger partial charge in [0.1, 0.15) is 11.5 Å². The monoisotopic (exact) mass is 595 g/mol. The highest BCUT2D eigenvalue weighted by Crippen LogP contribution is 2.39. The minimum atomic E-state index is -0.571. The van der Waals surface area contributed by atoms with Crippen molar-refractivity contribution in [2.45, 2.75) is 25.7 Å². The summed E-state index contributed by atoms with van der Waals surface area (Å²) in [7, 11) is 0. The average molecular weight is 596 g/mol. The standard InChI is InChI=1S/C31H28Cl2FN3O4/c1-2-40-27(38)19-41-30-28(31(39)36-17-15-21(16-18-36)20-9-13-24(34)14-10-20)35-37(26-6-4-3-5-25(26)33)29(30)22-7-11-23(32)12-8-22/h3-14,21H,2,15-19H2,1H3. The summed E-state index contributed by atoms with van der Waals surface area (Å²) >= 11 is 12.7. The molecule has 0 saturated carbocycles. The molecule has 1 aliphatic rings. The Morgan fingerprint density at radius 2 is 1.66 bits per heavy atom. The number of hydrogen-bond donors (Lipinski definition) is 0. The first kappa shape index (κ1) is 28.6. The fraction of sp³-hybridized carbons (Fsp3) is 0.258. The van der Waals surface area contributed by atoms with E-state index in [1.165, 1.54) is 12.1 Å². The Kier molecular flexibility index (Phi) is 8.90. The number of benzene rings is 3. The fourth-order valence-electron chi connectivity index (χ4n) is 4.97. The van der Waals surface area contributed by atoms with E-state index in [9.17, 15) is 14.0 Å². The topological polar surface area (TPSA) is 73.7 Å². The molecule has 1 aliphatic heterocycles. The molecule has 0 radical (unpaired) electrons. The van der Waals surface area contributed by atoms with E-state index < -0.39 is 12.6 Å². The van der Waals surface area contributed by atoms with E-state index in [1.807, 2.05) is 6.07 Å². The Labute approximate surface area is 247 Å². The average Bonchev–Trinajstić information content (AvgIpc) is 3.36. The number of esters is 1. The molecule has 1 fully saturated rings. The van der Waals surface area contributed by atoms with Gasteiger partial charge in [-0.2, -0.15) is 5.10 Å². The molecule has 10 heteroatoms. The van der Waals surface area contributed by atoms with Gasteiger partial charge in [0.05, 0.1) is 17.3 Å². The number of nitrogens with zero attached hydrogens (tertiary/aromatic N) is 3. The molecule has 4 aromatic rings. The van der Waals surface area contributed by atoms with Crippen molar-refractivity contribution < 1.29 is 23.5 Å². The van der Waals surface area contributed by atoms with Gasteiger partial charge >= 0.3 is 5.97 Å². The molecule has 5 rings (SSSR count). The highest BCUT2D eigenvalue weighted by molar-refractivity contribution is 6.32. The summed E-state index contributed by atoms with van der Waals surface area (Å²) < 4.78 is 26.0. The summed E-state index contributed by atoms with van der Waals surface area (Å²) in [5, 5.41) is 5.67. The molecule has 0 bridgehead atoms. The predicted octanol–water partition coefficient (Wildman–Crippen LogP) is 6.95. The molecule has 7 nitrogen and oxygen atoms in total. The third-order valence-electron chi connectivity index (χ3n) is 7.01. The smallest absolute Gasteiger partial charge is 0.344 e. The zero-order chi connectivity index (χ0) is 28.9. The Bertz CT molecular complexity index is 1530. The largest absolute Gasteiger partial charge is 0.477 e. The van der Waals surface area contributed by atoms with Crippen LogP contribution in [0.2, 0.25) is 10.0 Å². The fourth-order valence-corrected chi connectivity index (χ4v) is 5.32. The van der Waals surface area contributed by atoms with Crippen LogP contribution >= 0.6 is 23.2 Å². The van der Waals surface area contributed by atoms with E-state index in [1.54, 1.807) is 71.1 Å². The second kappa shape index (κ2) is 12.7. The van der Waals surface area contributed by atoms with Crippen LogP contribution in [0.4, 0.5) is 4.39 Å². The van der Waals surface area contributed by atoms with Crippen LogP contribution in [0, 0.1) is 5.82 Å². The van der Waals surface area contributed by atoms with E-state index >= 15 is 0 Å². The van der Waals surface area contributed by atoms with Crippen LogP contribution in [0.5, 0.6) is 5.75 Å². The summed E-state index contributed by atoms with van der Waals surface area (Å²) in [4.78, 5) is 28.0. The normalized spacial score (nSPS) is 13.7. The summed E-state index contributed by atoms with van der Waals surface area (Å²) in [6.07, 6.45) is 1.43. The van der Waals surface area contributed by atoms with E-state index in [4.69, 9.17) is 37.8 Å². The van der Waals surface area contributed by atoms with Gasteiger partial charge in [0.15, 0.2) is 18.1 Å². The number of piperidine rings is 1. The zero-order valence-electron chi connectivity index (χ0n) is 22.4. The second-order valence-electron chi connectivity index (χ2n) is 9.61. The number of carbonyl (C=O) groups excluding carboxylic acids is 2. The molecule has 0 atom stereocenters. The van der Waals surface area contributed by atoms with Gasteiger partial charge in [-0.1, -0.05) is 59.6 Å². The Balaban J connectivity index is 1.54. The number of aromatic nitrogens is 2.